The van der Waals surface area contributed by atoms with Crippen LogP contribution in [-0.2, 0) is 22.5 Å². The van der Waals surface area contributed by atoms with Crippen LogP contribution in [0.3, 0.4) is 0 Å². The molecule has 2 N–H and O–H groups in total. The van der Waals surface area contributed by atoms with E-state index >= 15 is 0 Å². The molecule has 3 aromatic heterocycles. The molecule has 0 radical (unpaired) electrons. The quantitative estimate of drug-likeness (QED) is 0.192. The largest absolute Gasteiger partial charge is 0.479 e. The van der Waals surface area contributed by atoms with Crippen LogP contribution in [0.5, 0.6) is 0 Å². The minimum Gasteiger partial charge on any atom is -0.479 e. The Bertz CT molecular complexity index is 2030. The minimum atomic E-state index is -1.14. The number of piperidine rings is 1. The number of carboxylic acid groups (broad SMARTS) is 1. The molecule has 0 unspecified atom stereocenters. The van der Waals surface area contributed by atoms with E-state index in [1.165, 1.54) is 11.1 Å². The van der Waals surface area contributed by atoms with Crippen LogP contribution in [0, 0.1) is 19.3 Å². The third-order valence-electron chi connectivity index (χ3n) is 10.0. The van der Waals surface area contributed by atoms with Gasteiger partial charge in [-0.3, -0.25) is 4.98 Å². The predicted molar refractivity (Wildman–Crippen MR) is 192 cm³/mol. The first-order valence-electron chi connectivity index (χ1n) is 17.0. The van der Waals surface area contributed by atoms with E-state index in [9.17, 15) is 9.90 Å². The number of carboxylic acids is 1. The molecule has 0 saturated carbocycles. The van der Waals surface area contributed by atoms with E-state index in [0.717, 1.165) is 95.7 Å². The lowest BCUT2D eigenvalue weighted by Crippen LogP contribution is -2.39. The van der Waals surface area contributed by atoms with Crippen molar-refractivity contribution >= 4 is 39.4 Å². The van der Waals surface area contributed by atoms with Crippen molar-refractivity contribution in [1.29, 1.82) is 0 Å². The summed E-state index contributed by atoms with van der Waals surface area (Å²) in [6, 6.07) is 14.9. The fourth-order valence-electron chi connectivity index (χ4n) is 7.51. The maximum Gasteiger partial charge on any atom is 0.337 e. The van der Waals surface area contributed by atoms with Gasteiger partial charge in [-0.25, -0.2) is 14.8 Å². The zero-order valence-electron chi connectivity index (χ0n) is 29.1. The van der Waals surface area contributed by atoms with Crippen LogP contribution < -0.4 is 9.80 Å². The van der Waals surface area contributed by atoms with Gasteiger partial charge in [0, 0.05) is 59.6 Å². The third-order valence-corrected chi connectivity index (χ3v) is 10.0. The number of benzene rings is 2. The maximum absolute atomic E-state index is 12.9. The van der Waals surface area contributed by atoms with Crippen molar-refractivity contribution in [2.75, 3.05) is 29.4 Å². The highest BCUT2D eigenvalue weighted by atomic mass is 16.5. The van der Waals surface area contributed by atoms with Gasteiger partial charge in [0.05, 0.1) is 11.3 Å². The van der Waals surface area contributed by atoms with E-state index in [1.54, 1.807) is 6.33 Å². The molecule has 2 aliphatic rings. The van der Waals surface area contributed by atoms with Gasteiger partial charge in [0.25, 0.3) is 0 Å². The molecule has 5 aromatic rings. The molecule has 1 saturated heterocycles. The molecule has 250 valence electrons. The fraction of sp³-hybridized carbons (Fsp3) is 0.436. The number of aromatic nitrogens is 4. The van der Waals surface area contributed by atoms with Gasteiger partial charge in [-0.2, -0.15) is 0 Å². The zero-order chi connectivity index (χ0) is 34.0. The van der Waals surface area contributed by atoms with Crippen molar-refractivity contribution in [2.45, 2.75) is 86.0 Å². The average molecular weight is 647 g/mol. The van der Waals surface area contributed by atoms with Crippen LogP contribution >= 0.6 is 0 Å². The number of aliphatic carboxylic acids is 1. The second kappa shape index (κ2) is 11.9. The molecule has 48 heavy (non-hydrogen) atoms. The number of pyridine rings is 1. The van der Waals surface area contributed by atoms with E-state index in [0.29, 0.717) is 11.3 Å². The van der Waals surface area contributed by atoms with Crippen LogP contribution in [0.25, 0.3) is 33.1 Å². The Balaban J connectivity index is 1.30. The lowest BCUT2D eigenvalue weighted by atomic mass is 9.81. The van der Waals surface area contributed by atoms with Crippen molar-refractivity contribution in [1.82, 2.24) is 19.9 Å². The summed E-state index contributed by atoms with van der Waals surface area (Å²) in [7, 11) is 0. The summed E-state index contributed by atoms with van der Waals surface area (Å²) in [4.78, 5) is 35.5. The number of aromatic amines is 1. The fourth-order valence-corrected chi connectivity index (χ4v) is 7.51. The summed E-state index contributed by atoms with van der Waals surface area (Å²) in [5.41, 5.74) is 10.4. The lowest BCUT2D eigenvalue weighted by molar-refractivity contribution is -0.160. The van der Waals surface area contributed by atoms with Crippen LogP contribution in [0.1, 0.15) is 81.6 Å². The molecule has 9 heteroatoms. The summed E-state index contributed by atoms with van der Waals surface area (Å²) < 4.78 is 6.28. The first-order chi connectivity index (χ1) is 22.8. The Morgan fingerprint density at radius 1 is 0.979 bits per heavy atom. The van der Waals surface area contributed by atoms with E-state index < -0.39 is 17.7 Å². The Morgan fingerprint density at radius 3 is 2.46 bits per heavy atom. The number of nitrogens with one attached hydrogen (secondary N) is 1. The van der Waals surface area contributed by atoms with Gasteiger partial charge in [-0.15, -0.1) is 0 Å². The first-order valence-corrected chi connectivity index (χ1v) is 17.0. The van der Waals surface area contributed by atoms with Crippen molar-refractivity contribution in [3.63, 3.8) is 0 Å². The smallest absolute Gasteiger partial charge is 0.337 e. The zero-order valence-corrected chi connectivity index (χ0v) is 29.1. The number of H-pyrrole nitrogens is 1. The number of hydrogen-bond acceptors (Lipinski definition) is 7. The second-order valence-corrected chi connectivity index (χ2v) is 15.3. The number of rotatable bonds is 6. The van der Waals surface area contributed by atoms with E-state index in [2.05, 4.69) is 63.9 Å². The number of ether oxygens (including phenoxy) is 1. The van der Waals surface area contributed by atoms with Crippen molar-refractivity contribution in [3.05, 3.63) is 76.9 Å². The van der Waals surface area contributed by atoms with Gasteiger partial charge in [0.2, 0.25) is 0 Å². The molecular weight excluding hydrogens is 600 g/mol. The van der Waals surface area contributed by atoms with Gasteiger partial charge in [0.15, 0.2) is 11.9 Å². The Hall–Kier alpha value is -4.50. The molecule has 0 amide bonds. The van der Waals surface area contributed by atoms with Gasteiger partial charge < -0.3 is 24.6 Å². The molecule has 9 nitrogen and oxygen atoms in total. The molecule has 1 fully saturated rings. The second-order valence-electron chi connectivity index (χ2n) is 15.3. The van der Waals surface area contributed by atoms with Crippen molar-refractivity contribution < 1.29 is 14.6 Å². The van der Waals surface area contributed by atoms with Gasteiger partial charge in [-0.1, -0.05) is 50.2 Å². The highest BCUT2D eigenvalue weighted by Gasteiger charge is 2.37. The minimum absolute atomic E-state index is 0.238. The van der Waals surface area contributed by atoms with E-state index in [1.807, 2.05) is 46.8 Å². The monoisotopic (exact) mass is 646 g/mol. The standard InChI is InChI=1S/C39H46N6O3/c1-23-30(34(44-18-15-39(6,7)16-19-44)31(24(2)42-23)35(37(46)47)48-38(3,4)5)26-12-13-27-21-45(17-14-25(27)20-26)36-33-32(40-22-41-36)28-10-8-9-11-29(28)43-33/h8-13,20,22,35,43H,14-19,21H2,1-7H3,(H,46,47)/t35-/m0/s1. The number of fused-ring (bicyclic) bond motifs is 4. The SMILES string of the molecule is Cc1nc(C)c([C@H](OC(C)(C)C)C(=O)O)c(N2CCC(C)(C)CC2)c1-c1ccc2c(c1)CCN(c1ncnc3c1[nH]c1ccccc13)C2. The normalized spacial score (nSPS) is 17.1. The van der Waals surface area contributed by atoms with E-state index in [-0.39, 0.29) is 5.41 Å². The summed E-state index contributed by atoms with van der Waals surface area (Å²) in [5, 5.41) is 11.7. The number of carbonyl (C=O) groups is 1. The summed E-state index contributed by atoms with van der Waals surface area (Å²) >= 11 is 0. The van der Waals surface area contributed by atoms with Gasteiger partial charge >= 0.3 is 5.97 Å². The highest BCUT2D eigenvalue weighted by molar-refractivity contribution is 6.08. The predicted octanol–water partition coefficient (Wildman–Crippen LogP) is 7.92. The Labute approximate surface area is 282 Å². The summed E-state index contributed by atoms with van der Waals surface area (Å²) in [6.45, 7) is 17.6. The van der Waals surface area contributed by atoms with Crippen LogP contribution in [0.2, 0.25) is 0 Å². The van der Waals surface area contributed by atoms with E-state index in [4.69, 9.17) is 14.7 Å². The summed E-state index contributed by atoms with van der Waals surface area (Å²) in [5.74, 6) is -0.0782. The topological polar surface area (TPSA) is 107 Å². The molecule has 2 aromatic carbocycles. The van der Waals surface area contributed by atoms with Gasteiger partial charge in [-0.05, 0) is 82.1 Å². The highest BCUT2D eigenvalue weighted by Crippen LogP contribution is 2.45. The molecule has 5 heterocycles. The van der Waals surface area contributed by atoms with Gasteiger partial charge in [0.1, 0.15) is 17.4 Å². The average Bonchev–Trinajstić information content (AvgIpc) is 3.42. The van der Waals surface area contributed by atoms with Crippen LogP contribution in [0.4, 0.5) is 11.5 Å². The van der Waals surface area contributed by atoms with Crippen molar-refractivity contribution in [2.24, 2.45) is 5.41 Å². The third kappa shape index (κ3) is 5.89. The lowest BCUT2D eigenvalue weighted by Gasteiger charge is -2.41. The molecule has 0 bridgehead atoms. The Morgan fingerprint density at radius 2 is 1.73 bits per heavy atom. The Kier molecular flexibility index (Phi) is 7.94. The number of anilines is 2. The van der Waals surface area contributed by atoms with Crippen LogP contribution in [-0.4, -0.2) is 56.2 Å². The molecule has 7 rings (SSSR count). The van der Waals surface area contributed by atoms with Crippen molar-refractivity contribution in [3.8, 4) is 11.1 Å². The number of aryl methyl sites for hydroxylation is 2. The van der Waals surface area contributed by atoms with Crippen LogP contribution in [0.15, 0.2) is 48.8 Å². The molecule has 0 spiro atoms. The number of nitrogens with zero attached hydrogens (tertiary/aromatic N) is 5. The summed E-state index contributed by atoms with van der Waals surface area (Å²) in [6.07, 6.45) is 3.44. The molecule has 2 aliphatic heterocycles. The number of para-hydroxylation sites is 1. The first kappa shape index (κ1) is 32.1. The molecule has 1 atom stereocenters. The number of hydrogen-bond donors (Lipinski definition) is 2. The molecule has 0 aliphatic carbocycles. The molecular formula is C39H46N6O3. The maximum atomic E-state index is 12.9.